The Hall–Kier alpha value is -4.71. The first-order chi connectivity index (χ1) is 22.2. The van der Waals surface area contributed by atoms with Gasteiger partial charge in [-0.25, -0.2) is 18.2 Å². The molecule has 1 aromatic heterocycles. The highest BCUT2D eigenvalue weighted by molar-refractivity contribution is 7.91. The molecule has 0 bridgehead atoms. The van der Waals surface area contributed by atoms with Crippen LogP contribution in [-0.4, -0.2) is 42.7 Å². The van der Waals surface area contributed by atoms with E-state index in [1.807, 2.05) is 30.3 Å². The molecule has 0 unspecified atom stereocenters. The van der Waals surface area contributed by atoms with Gasteiger partial charge in [0.2, 0.25) is 0 Å². The van der Waals surface area contributed by atoms with Crippen molar-refractivity contribution in [1.82, 2.24) is 4.98 Å². The lowest BCUT2D eigenvalue weighted by molar-refractivity contribution is -0.139. The number of anilines is 1. The Morgan fingerprint density at radius 1 is 0.891 bits per heavy atom. The van der Waals surface area contributed by atoms with E-state index in [-0.39, 0.29) is 34.3 Å². The molecule has 4 aromatic carbocycles. The highest BCUT2D eigenvalue weighted by Gasteiger charge is 2.18. The van der Waals surface area contributed by atoms with E-state index in [1.54, 1.807) is 48.7 Å². The maximum Gasteiger partial charge on any atom is 0.341 e. The molecule has 1 amide bonds. The number of hydrogen-bond acceptors (Lipinski definition) is 8. The Kier molecular flexibility index (Phi) is 10.7. The van der Waals surface area contributed by atoms with Crippen LogP contribution in [0.5, 0.6) is 11.5 Å². The second-order valence-corrected chi connectivity index (χ2v) is 13.8. The highest BCUT2D eigenvalue weighted by Crippen LogP contribution is 2.30. The van der Waals surface area contributed by atoms with Crippen molar-refractivity contribution in [2.75, 3.05) is 17.7 Å². The van der Waals surface area contributed by atoms with E-state index >= 15 is 0 Å². The number of para-hydroxylation sites is 1. The predicted octanol–water partition coefficient (Wildman–Crippen LogP) is 7.16. The third-order valence-electron chi connectivity index (χ3n) is 6.79. The molecular weight excluding hydrogens is 648 g/mol. The fourth-order valence-electron chi connectivity index (χ4n) is 4.54. The first-order valence-corrected chi connectivity index (χ1v) is 17.0. The number of ether oxygens (including phenoxy) is 2. The van der Waals surface area contributed by atoms with Crippen LogP contribution in [0.15, 0.2) is 108 Å². The molecule has 1 heterocycles. The van der Waals surface area contributed by atoms with Crippen molar-refractivity contribution in [2.45, 2.75) is 24.3 Å². The lowest BCUT2D eigenvalue weighted by Gasteiger charge is -2.15. The number of carboxylic acids is 1. The standard InChI is InChI=1S/C34H29ClN2O7S2/c35-25-13-15-26(16-14-25)46(41,42)18-6-7-23-12-17-30(44-22-33(38)39)28(19-23)37-34(40)27-10-4-5-11-29(27)43-21-32-36-20-31(45-32)24-8-2-1-3-9-24/h1-5,8-17,19-20H,6-7,18,21-22H2,(H,37,40)(H,38,39). The number of carbonyl (C=O) groups is 2. The van der Waals surface area contributed by atoms with Gasteiger partial charge in [-0.05, 0) is 72.5 Å². The van der Waals surface area contributed by atoms with Crippen LogP contribution >= 0.6 is 22.9 Å². The molecule has 5 aromatic rings. The van der Waals surface area contributed by atoms with Gasteiger partial charge in [-0.1, -0.05) is 60.1 Å². The zero-order chi connectivity index (χ0) is 32.5. The molecule has 5 rings (SSSR count). The zero-order valence-corrected chi connectivity index (χ0v) is 26.8. The summed E-state index contributed by atoms with van der Waals surface area (Å²) in [5.41, 5.74) is 2.28. The number of sulfone groups is 1. The third-order valence-corrected chi connectivity index (χ3v) is 9.88. The zero-order valence-electron chi connectivity index (χ0n) is 24.4. The number of benzene rings is 4. The molecule has 0 atom stereocenters. The van der Waals surface area contributed by atoms with Crippen molar-refractivity contribution < 1.29 is 32.6 Å². The van der Waals surface area contributed by atoms with Gasteiger partial charge in [-0.2, -0.15) is 0 Å². The maximum atomic E-state index is 13.5. The number of aromatic nitrogens is 1. The lowest BCUT2D eigenvalue weighted by Crippen LogP contribution is -2.16. The van der Waals surface area contributed by atoms with E-state index in [9.17, 15) is 18.0 Å². The summed E-state index contributed by atoms with van der Waals surface area (Å²) in [5, 5.41) is 13.1. The normalized spacial score (nSPS) is 11.2. The summed E-state index contributed by atoms with van der Waals surface area (Å²) < 4.78 is 37.0. The van der Waals surface area contributed by atoms with Crippen LogP contribution < -0.4 is 14.8 Å². The average molecular weight is 677 g/mol. The van der Waals surface area contributed by atoms with Gasteiger partial charge in [0.25, 0.3) is 5.91 Å². The molecule has 9 nitrogen and oxygen atoms in total. The molecule has 46 heavy (non-hydrogen) atoms. The molecule has 0 aliphatic rings. The molecule has 236 valence electrons. The van der Waals surface area contributed by atoms with E-state index in [2.05, 4.69) is 10.3 Å². The predicted molar refractivity (Wildman–Crippen MR) is 178 cm³/mol. The molecule has 0 radical (unpaired) electrons. The molecule has 0 aliphatic carbocycles. The fourth-order valence-corrected chi connectivity index (χ4v) is 6.82. The van der Waals surface area contributed by atoms with E-state index in [4.69, 9.17) is 26.2 Å². The summed E-state index contributed by atoms with van der Waals surface area (Å²) in [6.07, 6.45) is 2.48. The number of hydrogen-bond donors (Lipinski definition) is 2. The molecule has 0 saturated carbocycles. The number of nitrogens with one attached hydrogen (secondary N) is 1. The van der Waals surface area contributed by atoms with Crippen molar-refractivity contribution in [3.05, 3.63) is 124 Å². The summed E-state index contributed by atoms with van der Waals surface area (Å²) in [5.74, 6) is -1.27. The molecule has 2 N–H and O–H groups in total. The maximum absolute atomic E-state index is 13.5. The number of amides is 1. The number of carboxylic acid groups (broad SMARTS) is 1. The molecular formula is C34H29ClN2O7S2. The van der Waals surface area contributed by atoms with Gasteiger partial charge in [-0.15, -0.1) is 11.3 Å². The van der Waals surface area contributed by atoms with Crippen molar-refractivity contribution in [1.29, 1.82) is 0 Å². The summed E-state index contributed by atoms with van der Waals surface area (Å²) in [7, 11) is -3.52. The van der Waals surface area contributed by atoms with Gasteiger partial charge < -0.3 is 19.9 Å². The van der Waals surface area contributed by atoms with Crippen LogP contribution in [0.1, 0.15) is 27.3 Å². The Morgan fingerprint density at radius 2 is 1.63 bits per heavy atom. The third kappa shape index (κ3) is 8.72. The summed E-state index contributed by atoms with van der Waals surface area (Å²) in [6, 6.07) is 27.5. The minimum atomic E-state index is -3.52. The second-order valence-electron chi connectivity index (χ2n) is 10.1. The van der Waals surface area contributed by atoms with E-state index in [0.717, 1.165) is 21.0 Å². The molecule has 0 aliphatic heterocycles. The molecule has 12 heteroatoms. The molecule has 0 fully saturated rings. The van der Waals surface area contributed by atoms with E-state index < -0.39 is 28.3 Å². The topological polar surface area (TPSA) is 132 Å². The number of thiazole rings is 1. The first-order valence-electron chi connectivity index (χ1n) is 14.2. The van der Waals surface area contributed by atoms with Crippen LogP contribution in [0, 0.1) is 0 Å². The van der Waals surface area contributed by atoms with Gasteiger partial charge in [0, 0.05) is 11.2 Å². The Morgan fingerprint density at radius 3 is 2.39 bits per heavy atom. The van der Waals surface area contributed by atoms with Gasteiger partial charge in [-0.3, -0.25) is 4.79 Å². The summed E-state index contributed by atoms with van der Waals surface area (Å²) >= 11 is 7.38. The number of aliphatic carboxylic acids is 1. The minimum Gasteiger partial charge on any atom is -0.486 e. The number of nitrogens with zero attached hydrogens (tertiary/aromatic N) is 1. The Balaban J connectivity index is 1.28. The number of carbonyl (C=O) groups excluding carboxylic acids is 1. The number of halogens is 1. The van der Waals surface area contributed by atoms with Crippen LogP contribution in [0.25, 0.3) is 10.4 Å². The van der Waals surface area contributed by atoms with Crippen molar-refractivity contribution in [2.24, 2.45) is 0 Å². The van der Waals surface area contributed by atoms with Crippen LogP contribution in [0.2, 0.25) is 5.02 Å². The lowest BCUT2D eigenvalue weighted by atomic mass is 10.1. The smallest absolute Gasteiger partial charge is 0.341 e. The molecule has 0 saturated heterocycles. The highest BCUT2D eigenvalue weighted by atomic mass is 35.5. The van der Waals surface area contributed by atoms with Crippen LogP contribution in [-0.2, 0) is 27.7 Å². The van der Waals surface area contributed by atoms with Crippen molar-refractivity contribution in [3.8, 4) is 21.9 Å². The Labute approximate surface area is 275 Å². The van der Waals surface area contributed by atoms with Crippen molar-refractivity contribution >= 4 is 50.3 Å². The largest absolute Gasteiger partial charge is 0.486 e. The van der Waals surface area contributed by atoms with E-state index in [1.165, 1.54) is 35.6 Å². The minimum absolute atomic E-state index is 0.0930. The SMILES string of the molecule is O=C(O)COc1ccc(CCCS(=O)(=O)c2ccc(Cl)cc2)cc1NC(=O)c1ccccc1OCc1ncc(-c2ccccc2)s1. The Bertz CT molecular complexity index is 1930. The summed E-state index contributed by atoms with van der Waals surface area (Å²) in [4.78, 5) is 30.3. The van der Waals surface area contributed by atoms with Gasteiger partial charge >= 0.3 is 5.97 Å². The fraction of sp³-hybridized carbons (Fsp3) is 0.147. The molecule has 0 spiro atoms. The summed E-state index contributed by atoms with van der Waals surface area (Å²) in [6.45, 7) is -0.455. The second kappa shape index (κ2) is 15.0. The quantitative estimate of drug-likeness (QED) is 0.127. The average Bonchev–Trinajstić information content (AvgIpc) is 3.53. The monoisotopic (exact) mass is 676 g/mol. The van der Waals surface area contributed by atoms with Crippen molar-refractivity contribution in [3.63, 3.8) is 0 Å². The van der Waals surface area contributed by atoms with Crippen LogP contribution in [0.3, 0.4) is 0 Å². The van der Waals surface area contributed by atoms with Gasteiger partial charge in [0.1, 0.15) is 23.1 Å². The van der Waals surface area contributed by atoms with Crippen LogP contribution in [0.4, 0.5) is 5.69 Å². The number of aryl methyl sites for hydroxylation is 1. The van der Waals surface area contributed by atoms with Gasteiger partial charge in [0.05, 0.1) is 26.8 Å². The first kappa shape index (κ1) is 32.7. The van der Waals surface area contributed by atoms with Gasteiger partial charge in [0.15, 0.2) is 16.4 Å². The number of rotatable bonds is 14. The van der Waals surface area contributed by atoms with E-state index in [0.29, 0.717) is 23.6 Å².